The van der Waals surface area contributed by atoms with E-state index in [-0.39, 0.29) is 10.8 Å². The molecule has 0 aliphatic rings. The normalized spacial score (nSPS) is 10.9. The summed E-state index contributed by atoms with van der Waals surface area (Å²) < 4.78 is 42.5. The molecule has 0 aliphatic heterocycles. The van der Waals surface area contributed by atoms with Crippen LogP contribution in [0.15, 0.2) is 29.6 Å². The number of halogens is 4. The van der Waals surface area contributed by atoms with Gasteiger partial charge in [0.15, 0.2) is 5.06 Å². The summed E-state index contributed by atoms with van der Waals surface area (Å²) >= 11 is 6.58. The lowest BCUT2D eigenvalue weighted by Gasteiger charge is -2.10. The van der Waals surface area contributed by atoms with E-state index in [1.165, 1.54) is 11.4 Å². The van der Waals surface area contributed by atoms with Crippen LogP contribution < -0.4 is 10.1 Å². The predicted octanol–water partition coefficient (Wildman–Crippen LogP) is 4.90. The van der Waals surface area contributed by atoms with Crippen LogP contribution >= 0.6 is 22.9 Å². The summed E-state index contributed by atoms with van der Waals surface area (Å²) in [5.41, 5.74) is -0.601. The Balaban J connectivity index is 2.06. The lowest BCUT2D eigenvalue weighted by molar-refractivity contribution is -0.137. The average molecular weight is 347 g/mol. The zero-order valence-corrected chi connectivity index (χ0v) is 12.1. The Bertz CT molecular complexity index is 752. The van der Waals surface area contributed by atoms with Gasteiger partial charge in [0.2, 0.25) is 0 Å². The first-order chi connectivity index (χ1) is 10.3. The summed E-state index contributed by atoms with van der Waals surface area (Å²) in [5, 5.41) is 12.0. The Morgan fingerprint density at radius 3 is 2.64 bits per heavy atom. The number of amides is 1. The molecular formula is C13H6ClF3N2O2S. The van der Waals surface area contributed by atoms with Crippen LogP contribution in [0.2, 0.25) is 5.02 Å². The fraction of sp³-hybridized carbons (Fsp3) is 0.0769. The molecule has 2 rings (SSSR count). The molecule has 1 N–H and O–H groups in total. The average Bonchev–Trinajstić information content (AvgIpc) is 2.84. The van der Waals surface area contributed by atoms with Crippen molar-refractivity contribution < 1.29 is 22.7 Å². The van der Waals surface area contributed by atoms with E-state index in [2.05, 4.69) is 5.32 Å². The Hall–Kier alpha value is -2.24. The lowest BCUT2D eigenvalue weighted by atomic mass is 10.2. The first-order valence-corrected chi connectivity index (χ1v) is 6.89. The van der Waals surface area contributed by atoms with Gasteiger partial charge in [-0.3, -0.25) is 5.32 Å². The smallest absolute Gasteiger partial charge is 0.399 e. The monoisotopic (exact) mass is 346 g/mol. The van der Waals surface area contributed by atoms with E-state index in [4.69, 9.17) is 21.6 Å². The molecule has 1 aromatic carbocycles. The molecule has 0 atom stereocenters. The minimum absolute atomic E-state index is 0.0556. The van der Waals surface area contributed by atoms with Crippen LogP contribution in [0.3, 0.4) is 0 Å². The predicted molar refractivity (Wildman–Crippen MR) is 75.1 cm³/mol. The molecule has 9 heteroatoms. The third-order valence-electron chi connectivity index (χ3n) is 2.42. The number of hydrogen-bond acceptors (Lipinski definition) is 4. The summed E-state index contributed by atoms with van der Waals surface area (Å²) in [7, 11) is 0. The number of nitrogens with zero attached hydrogens (tertiary/aromatic N) is 1. The molecule has 0 radical (unpaired) electrons. The van der Waals surface area contributed by atoms with Gasteiger partial charge in [-0.25, -0.2) is 4.79 Å². The number of nitriles is 1. The first kappa shape index (κ1) is 16.1. The van der Waals surface area contributed by atoms with Gasteiger partial charge in [0.1, 0.15) is 6.07 Å². The minimum Gasteiger partial charge on any atom is -0.399 e. The summed E-state index contributed by atoms with van der Waals surface area (Å²) in [4.78, 5) is 11.6. The van der Waals surface area contributed by atoms with Gasteiger partial charge < -0.3 is 4.74 Å². The molecule has 0 bridgehead atoms. The van der Waals surface area contributed by atoms with E-state index in [9.17, 15) is 18.0 Å². The van der Waals surface area contributed by atoms with Crippen molar-refractivity contribution in [2.24, 2.45) is 0 Å². The van der Waals surface area contributed by atoms with Gasteiger partial charge in [-0.2, -0.15) is 18.4 Å². The van der Waals surface area contributed by atoms with Crippen molar-refractivity contribution in [1.82, 2.24) is 0 Å². The molecule has 0 saturated carbocycles. The summed E-state index contributed by atoms with van der Waals surface area (Å²) in [6, 6.07) is 6.03. The topological polar surface area (TPSA) is 62.1 Å². The second-order valence-corrected chi connectivity index (χ2v) is 5.25. The van der Waals surface area contributed by atoms with E-state index < -0.39 is 22.9 Å². The second kappa shape index (κ2) is 6.25. The Kier molecular flexibility index (Phi) is 4.59. The number of nitrogens with one attached hydrogen (secondary N) is 1. The third-order valence-corrected chi connectivity index (χ3v) is 3.54. The van der Waals surface area contributed by atoms with Gasteiger partial charge in [-0.1, -0.05) is 11.6 Å². The third kappa shape index (κ3) is 3.90. The van der Waals surface area contributed by atoms with Gasteiger partial charge in [-0.05, 0) is 18.2 Å². The van der Waals surface area contributed by atoms with Crippen LogP contribution in [0.1, 0.15) is 11.1 Å². The highest BCUT2D eigenvalue weighted by Crippen LogP contribution is 2.35. The SMILES string of the molecule is N#Cc1csc(OC(=O)Nc2ccc(C(F)(F)F)c(Cl)c2)c1. The number of ether oxygens (including phenoxy) is 1. The van der Waals surface area contributed by atoms with Crippen molar-refractivity contribution in [2.75, 3.05) is 5.32 Å². The molecule has 2 aromatic rings. The van der Waals surface area contributed by atoms with Crippen molar-refractivity contribution in [1.29, 1.82) is 5.26 Å². The molecule has 0 saturated heterocycles. The molecule has 0 fully saturated rings. The van der Waals surface area contributed by atoms with Gasteiger partial charge in [0.05, 0.1) is 16.1 Å². The van der Waals surface area contributed by atoms with Gasteiger partial charge >= 0.3 is 12.3 Å². The molecule has 1 aromatic heterocycles. The molecule has 1 amide bonds. The first-order valence-electron chi connectivity index (χ1n) is 5.64. The quantitative estimate of drug-likeness (QED) is 0.841. The number of rotatable bonds is 2. The molecule has 0 aliphatic carbocycles. The summed E-state index contributed by atoms with van der Waals surface area (Å²) in [6.45, 7) is 0. The van der Waals surface area contributed by atoms with Crippen molar-refractivity contribution in [2.45, 2.75) is 6.18 Å². The van der Waals surface area contributed by atoms with Crippen molar-refractivity contribution in [3.63, 3.8) is 0 Å². The molecular weight excluding hydrogens is 341 g/mol. The number of hydrogen-bond donors (Lipinski definition) is 1. The van der Waals surface area contributed by atoms with Crippen LogP contribution in [0, 0.1) is 11.3 Å². The fourth-order valence-electron chi connectivity index (χ4n) is 1.49. The molecule has 1 heterocycles. The Morgan fingerprint density at radius 1 is 1.36 bits per heavy atom. The maximum atomic E-state index is 12.5. The largest absolute Gasteiger partial charge is 0.417 e. The van der Waals surface area contributed by atoms with E-state index in [0.29, 0.717) is 5.56 Å². The maximum Gasteiger partial charge on any atom is 0.417 e. The van der Waals surface area contributed by atoms with E-state index in [1.807, 2.05) is 6.07 Å². The van der Waals surface area contributed by atoms with Gasteiger partial charge in [0.25, 0.3) is 0 Å². The van der Waals surface area contributed by atoms with Crippen LogP contribution in [0.5, 0.6) is 5.06 Å². The summed E-state index contributed by atoms with van der Waals surface area (Å²) in [5.74, 6) is 0. The molecule has 0 spiro atoms. The number of anilines is 1. The Morgan fingerprint density at radius 2 is 2.09 bits per heavy atom. The van der Waals surface area contributed by atoms with Gasteiger partial charge in [-0.15, -0.1) is 11.3 Å². The van der Waals surface area contributed by atoms with Gasteiger partial charge in [0, 0.05) is 17.1 Å². The molecule has 4 nitrogen and oxygen atoms in total. The summed E-state index contributed by atoms with van der Waals surface area (Å²) in [6.07, 6.45) is -5.47. The highest BCUT2D eigenvalue weighted by molar-refractivity contribution is 7.12. The number of carbonyl (C=O) groups excluding carboxylic acids is 1. The lowest BCUT2D eigenvalue weighted by Crippen LogP contribution is -2.16. The zero-order valence-electron chi connectivity index (χ0n) is 10.6. The fourth-order valence-corrected chi connectivity index (χ4v) is 2.46. The Labute approximate surface area is 131 Å². The van der Waals surface area contributed by atoms with Crippen LogP contribution in [-0.2, 0) is 6.18 Å². The van der Waals surface area contributed by atoms with Crippen molar-refractivity contribution in [3.05, 3.63) is 45.8 Å². The number of carbonyl (C=O) groups is 1. The molecule has 0 unspecified atom stereocenters. The maximum absolute atomic E-state index is 12.5. The van der Waals surface area contributed by atoms with Crippen molar-refractivity contribution >= 4 is 34.7 Å². The highest BCUT2D eigenvalue weighted by atomic mass is 35.5. The minimum atomic E-state index is -4.57. The highest BCUT2D eigenvalue weighted by Gasteiger charge is 2.33. The number of alkyl halides is 3. The molecule has 114 valence electrons. The van der Waals surface area contributed by atoms with E-state index in [0.717, 1.165) is 29.5 Å². The number of thiophene rings is 1. The standard InChI is InChI=1S/C13H6ClF3N2O2S/c14-10-4-8(1-2-9(10)13(15,16)17)19-12(20)21-11-3-7(5-18)6-22-11/h1-4,6H,(H,19,20). The van der Waals surface area contributed by atoms with Crippen LogP contribution in [0.25, 0.3) is 0 Å². The number of benzene rings is 1. The van der Waals surface area contributed by atoms with E-state index in [1.54, 1.807) is 0 Å². The van der Waals surface area contributed by atoms with Crippen molar-refractivity contribution in [3.8, 4) is 11.1 Å². The van der Waals surface area contributed by atoms with E-state index >= 15 is 0 Å². The zero-order chi connectivity index (χ0) is 16.3. The second-order valence-electron chi connectivity index (χ2n) is 3.97. The van der Waals surface area contributed by atoms with Crippen LogP contribution in [-0.4, -0.2) is 6.09 Å². The van der Waals surface area contributed by atoms with Crippen LogP contribution in [0.4, 0.5) is 23.7 Å². The molecule has 22 heavy (non-hydrogen) atoms.